The Morgan fingerprint density at radius 3 is 2.41 bits per heavy atom. The molecular weight excluding hydrogens is 452 g/mol. The molecule has 3 rings (SSSR count). The van der Waals surface area contributed by atoms with E-state index in [1.165, 1.54) is 0 Å². The fraction of sp³-hybridized carbons (Fsp3) is 0.0870. The van der Waals surface area contributed by atoms with Gasteiger partial charge in [-0.2, -0.15) is 5.26 Å². The van der Waals surface area contributed by atoms with Gasteiger partial charge in [0, 0.05) is 27.6 Å². The predicted molar refractivity (Wildman–Crippen MR) is 117 cm³/mol. The average Bonchev–Trinajstić information content (AvgIpc) is 2.75. The van der Waals surface area contributed by atoms with Gasteiger partial charge in [-0.15, -0.1) is 11.6 Å². The third-order valence-electron chi connectivity index (χ3n) is 4.31. The third kappa shape index (κ3) is 5.11. The van der Waals surface area contributed by atoms with Gasteiger partial charge in [0.1, 0.15) is 5.38 Å². The molecule has 0 aliphatic carbocycles. The highest BCUT2D eigenvalue weighted by atomic mass is 79.9. The minimum absolute atomic E-state index is 0.194. The quantitative estimate of drug-likeness (QED) is 0.378. The number of nitrogens with zero attached hydrogens (tertiary/aromatic N) is 1. The molecule has 0 spiro atoms. The highest BCUT2D eigenvalue weighted by Crippen LogP contribution is 2.25. The molecule has 0 bridgehead atoms. The van der Waals surface area contributed by atoms with Crippen molar-refractivity contribution in [3.63, 3.8) is 0 Å². The normalized spacial score (nSPS) is 11.3. The monoisotopic (exact) mass is 466 g/mol. The van der Waals surface area contributed by atoms with E-state index in [0.717, 1.165) is 4.47 Å². The molecule has 1 unspecified atom stereocenters. The number of anilines is 1. The van der Waals surface area contributed by atoms with Gasteiger partial charge >= 0.3 is 0 Å². The molecule has 0 saturated carbocycles. The van der Waals surface area contributed by atoms with Gasteiger partial charge < -0.3 is 5.32 Å². The van der Waals surface area contributed by atoms with Crippen LogP contribution in [0.5, 0.6) is 0 Å². The Balaban J connectivity index is 1.93. The number of nitrogens with one attached hydrogen (secondary N) is 1. The Kier molecular flexibility index (Phi) is 6.82. The first-order valence-corrected chi connectivity index (χ1v) is 10.0. The molecule has 4 nitrogen and oxygen atoms in total. The van der Waals surface area contributed by atoms with Gasteiger partial charge in [0.15, 0.2) is 5.78 Å². The van der Waals surface area contributed by atoms with E-state index < -0.39 is 5.38 Å². The van der Waals surface area contributed by atoms with Gasteiger partial charge in [0.05, 0.1) is 11.8 Å². The van der Waals surface area contributed by atoms with Gasteiger partial charge in [0.25, 0.3) is 5.91 Å². The molecule has 3 aromatic carbocycles. The molecule has 0 fully saturated rings. The Hall–Kier alpha value is -2.94. The van der Waals surface area contributed by atoms with Crippen molar-refractivity contribution in [3.05, 3.63) is 99.5 Å². The van der Waals surface area contributed by atoms with Gasteiger partial charge in [-0.05, 0) is 29.8 Å². The lowest BCUT2D eigenvalue weighted by atomic mass is 10.00. The molecule has 1 amide bonds. The van der Waals surface area contributed by atoms with Crippen LogP contribution in [0.15, 0.2) is 77.3 Å². The molecule has 0 heterocycles. The number of halogens is 2. The summed E-state index contributed by atoms with van der Waals surface area (Å²) < 4.78 is 0.731. The molecule has 1 atom stereocenters. The third-order valence-corrected chi connectivity index (χ3v) is 5.06. The second-order valence-electron chi connectivity index (χ2n) is 6.30. The number of amides is 1. The summed E-state index contributed by atoms with van der Waals surface area (Å²) in [7, 11) is 0. The van der Waals surface area contributed by atoms with Crippen molar-refractivity contribution in [2.24, 2.45) is 0 Å². The first kappa shape index (κ1) is 20.8. The number of alkyl halides is 1. The molecule has 0 radical (unpaired) electrons. The average molecular weight is 468 g/mol. The molecule has 1 N–H and O–H groups in total. The van der Waals surface area contributed by atoms with E-state index in [4.69, 9.17) is 16.9 Å². The Morgan fingerprint density at radius 2 is 1.69 bits per heavy atom. The number of hydrogen-bond donors (Lipinski definition) is 1. The Bertz CT molecular complexity index is 1090. The summed E-state index contributed by atoms with van der Waals surface area (Å²) in [6.45, 7) is 0. The molecule has 0 aliphatic rings. The van der Waals surface area contributed by atoms with Crippen LogP contribution in [-0.2, 0) is 6.42 Å². The number of hydrogen-bond acceptors (Lipinski definition) is 3. The first-order valence-electron chi connectivity index (χ1n) is 8.82. The smallest absolute Gasteiger partial charge is 0.255 e. The Labute approximate surface area is 182 Å². The maximum atomic E-state index is 13.0. The van der Waals surface area contributed by atoms with E-state index in [-0.39, 0.29) is 18.1 Å². The predicted octanol–water partition coefficient (Wildman–Crippen LogP) is 5.61. The van der Waals surface area contributed by atoms with Gasteiger partial charge in [-0.25, -0.2) is 0 Å². The molecular formula is C23H16BrClN2O2. The van der Waals surface area contributed by atoms with Crippen LogP contribution >= 0.6 is 27.5 Å². The summed E-state index contributed by atoms with van der Waals surface area (Å²) in [4.78, 5) is 25.9. The SMILES string of the molecule is N#CC(Cl)Cc1ccccc1C(=O)Nc1ccc(Br)cc1C(=O)c1ccccc1. The van der Waals surface area contributed by atoms with Crippen molar-refractivity contribution in [2.75, 3.05) is 5.32 Å². The van der Waals surface area contributed by atoms with Crippen LogP contribution < -0.4 is 5.32 Å². The van der Waals surface area contributed by atoms with Crippen LogP contribution in [0.1, 0.15) is 31.8 Å². The fourth-order valence-corrected chi connectivity index (χ4v) is 3.43. The molecule has 0 saturated heterocycles. The lowest BCUT2D eigenvalue weighted by Gasteiger charge is -2.13. The van der Waals surface area contributed by atoms with E-state index in [9.17, 15) is 9.59 Å². The van der Waals surface area contributed by atoms with Crippen molar-refractivity contribution < 1.29 is 9.59 Å². The zero-order chi connectivity index (χ0) is 20.8. The summed E-state index contributed by atoms with van der Waals surface area (Å²) in [5, 5.41) is 11.1. The largest absolute Gasteiger partial charge is 0.321 e. The van der Waals surface area contributed by atoms with E-state index in [1.54, 1.807) is 66.7 Å². The van der Waals surface area contributed by atoms with Gasteiger partial charge in [0.2, 0.25) is 0 Å². The lowest BCUT2D eigenvalue weighted by molar-refractivity contribution is 0.102. The molecule has 6 heteroatoms. The number of carbonyl (C=O) groups excluding carboxylic acids is 2. The molecule has 0 aliphatic heterocycles. The van der Waals surface area contributed by atoms with E-state index in [2.05, 4.69) is 21.2 Å². The van der Waals surface area contributed by atoms with Crippen LogP contribution in [0.2, 0.25) is 0 Å². The summed E-state index contributed by atoms with van der Waals surface area (Å²) in [6.07, 6.45) is 0.248. The van der Waals surface area contributed by atoms with Crippen LogP contribution in [0.25, 0.3) is 0 Å². The van der Waals surface area contributed by atoms with Crippen LogP contribution in [0, 0.1) is 11.3 Å². The van der Waals surface area contributed by atoms with Gasteiger partial charge in [-0.1, -0.05) is 64.5 Å². The highest BCUT2D eigenvalue weighted by Gasteiger charge is 2.19. The summed E-state index contributed by atoms with van der Waals surface area (Å²) in [5.41, 5.74) is 2.39. The maximum Gasteiger partial charge on any atom is 0.255 e. The first-order chi connectivity index (χ1) is 14.0. The van der Waals surface area contributed by atoms with Crippen molar-refractivity contribution >= 4 is 44.9 Å². The molecule has 144 valence electrons. The van der Waals surface area contributed by atoms with Crippen molar-refractivity contribution in [1.82, 2.24) is 0 Å². The highest BCUT2D eigenvalue weighted by molar-refractivity contribution is 9.10. The number of benzene rings is 3. The molecule has 0 aromatic heterocycles. The van der Waals surface area contributed by atoms with E-state index >= 15 is 0 Å². The van der Waals surface area contributed by atoms with Gasteiger partial charge in [-0.3, -0.25) is 9.59 Å². The van der Waals surface area contributed by atoms with Crippen molar-refractivity contribution in [1.29, 1.82) is 5.26 Å². The van der Waals surface area contributed by atoms with Crippen molar-refractivity contribution in [3.8, 4) is 6.07 Å². The van der Waals surface area contributed by atoms with Crippen LogP contribution in [0.4, 0.5) is 5.69 Å². The topological polar surface area (TPSA) is 70.0 Å². The zero-order valence-corrected chi connectivity index (χ0v) is 17.6. The fourth-order valence-electron chi connectivity index (χ4n) is 2.91. The number of ketones is 1. The van der Waals surface area contributed by atoms with Crippen molar-refractivity contribution in [2.45, 2.75) is 11.8 Å². The summed E-state index contributed by atoms with van der Waals surface area (Å²) >= 11 is 9.33. The minimum atomic E-state index is -0.730. The number of nitriles is 1. The molecule has 3 aromatic rings. The summed E-state index contributed by atoms with van der Waals surface area (Å²) in [5.74, 6) is -0.562. The van der Waals surface area contributed by atoms with Crippen LogP contribution in [-0.4, -0.2) is 17.1 Å². The van der Waals surface area contributed by atoms with E-state index in [0.29, 0.717) is 27.9 Å². The molecule has 29 heavy (non-hydrogen) atoms. The second kappa shape index (κ2) is 9.51. The minimum Gasteiger partial charge on any atom is -0.321 e. The van der Waals surface area contributed by atoms with Crippen LogP contribution in [0.3, 0.4) is 0 Å². The summed E-state index contributed by atoms with van der Waals surface area (Å²) in [6, 6.07) is 22.9. The second-order valence-corrected chi connectivity index (χ2v) is 7.74. The van der Waals surface area contributed by atoms with E-state index in [1.807, 2.05) is 12.1 Å². The lowest BCUT2D eigenvalue weighted by Crippen LogP contribution is -2.18. The number of rotatable bonds is 6. The number of carbonyl (C=O) groups is 2. The Morgan fingerprint density at radius 1 is 1.00 bits per heavy atom. The standard InChI is InChI=1S/C23H16BrClN2O2/c24-17-10-11-21(20(13-17)22(28)15-6-2-1-3-7-15)27-23(29)19-9-5-4-8-16(19)12-18(25)14-26/h1-11,13,18H,12H2,(H,27,29). The zero-order valence-electron chi connectivity index (χ0n) is 15.2. The maximum absolute atomic E-state index is 13.0.